The highest BCUT2D eigenvalue weighted by atomic mass is 16.5. The normalized spacial score (nSPS) is 12.0. The molecule has 0 aliphatic carbocycles. The van der Waals surface area contributed by atoms with Crippen molar-refractivity contribution >= 4 is 33.2 Å². The van der Waals surface area contributed by atoms with Gasteiger partial charge in [0.15, 0.2) is 0 Å². The topological polar surface area (TPSA) is 51.5 Å². The predicted molar refractivity (Wildman–Crippen MR) is 132 cm³/mol. The summed E-state index contributed by atoms with van der Waals surface area (Å²) in [5, 5.41) is 6.32. The van der Waals surface area contributed by atoms with Crippen LogP contribution in [0.4, 0.5) is 0 Å². The first kappa shape index (κ1) is 21.7. The smallest absolute Gasteiger partial charge is 0.244 e. The summed E-state index contributed by atoms with van der Waals surface area (Å²) in [5.74, 6) is 0.644. The summed E-state index contributed by atoms with van der Waals surface area (Å²) in [6.45, 7) is 10.3. The largest absolute Gasteiger partial charge is 0.493 e. The van der Waals surface area contributed by atoms with E-state index >= 15 is 0 Å². The molecule has 0 saturated heterocycles. The van der Waals surface area contributed by atoms with E-state index in [1.54, 1.807) is 6.08 Å². The summed E-state index contributed by atoms with van der Waals surface area (Å²) in [4.78, 5) is 12.4. The second-order valence-electron chi connectivity index (χ2n) is 8.39. The Labute approximate surface area is 188 Å². The van der Waals surface area contributed by atoms with Crippen LogP contribution in [-0.4, -0.2) is 18.6 Å². The molecule has 1 N–H and O–H groups in total. The summed E-state index contributed by atoms with van der Waals surface area (Å²) >= 11 is 0. The zero-order valence-corrected chi connectivity index (χ0v) is 19.3. The Bertz CT molecular complexity index is 1330. The van der Waals surface area contributed by atoms with E-state index in [-0.39, 0.29) is 11.9 Å². The number of furan rings is 1. The molecule has 0 aliphatic rings. The molecule has 0 saturated carbocycles. The van der Waals surface area contributed by atoms with Gasteiger partial charge < -0.3 is 14.5 Å². The van der Waals surface area contributed by atoms with E-state index in [2.05, 4.69) is 41.7 Å². The quantitative estimate of drug-likeness (QED) is 0.341. The first-order chi connectivity index (χ1) is 15.4. The second kappa shape index (κ2) is 8.91. The van der Waals surface area contributed by atoms with Gasteiger partial charge in [0.25, 0.3) is 0 Å². The van der Waals surface area contributed by atoms with Crippen LogP contribution in [0.3, 0.4) is 0 Å². The van der Waals surface area contributed by atoms with E-state index in [0.717, 1.165) is 44.5 Å². The molecule has 164 valence electrons. The van der Waals surface area contributed by atoms with Crippen LogP contribution < -0.4 is 10.1 Å². The molecule has 0 bridgehead atoms. The van der Waals surface area contributed by atoms with Crippen LogP contribution in [-0.2, 0) is 4.79 Å². The lowest BCUT2D eigenvalue weighted by Crippen LogP contribution is -2.28. The highest BCUT2D eigenvalue weighted by Crippen LogP contribution is 2.41. The summed E-state index contributed by atoms with van der Waals surface area (Å²) in [6, 6.07) is 16.9. The molecule has 0 radical (unpaired) electrons. The molecule has 0 atom stereocenters. The molecule has 1 heterocycles. The van der Waals surface area contributed by atoms with E-state index in [1.165, 1.54) is 10.8 Å². The van der Waals surface area contributed by atoms with Crippen molar-refractivity contribution in [2.75, 3.05) is 6.61 Å². The van der Waals surface area contributed by atoms with Gasteiger partial charge in [-0.15, -0.1) is 0 Å². The van der Waals surface area contributed by atoms with Gasteiger partial charge >= 0.3 is 0 Å². The number of hydrogen-bond donors (Lipinski definition) is 1. The number of ether oxygens (including phenoxy) is 1. The number of carbonyl (C=O) groups is 1. The molecule has 0 aliphatic heterocycles. The second-order valence-corrected chi connectivity index (χ2v) is 8.39. The van der Waals surface area contributed by atoms with Crippen molar-refractivity contribution in [1.82, 2.24) is 5.32 Å². The summed E-state index contributed by atoms with van der Waals surface area (Å²) in [5.41, 5.74) is 5.61. The molecule has 4 nitrogen and oxygen atoms in total. The van der Waals surface area contributed by atoms with Gasteiger partial charge in [-0.1, -0.05) is 36.4 Å². The number of amides is 1. The lowest BCUT2D eigenvalue weighted by molar-refractivity contribution is -0.116. The van der Waals surface area contributed by atoms with E-state index in [1.807, 2.05) is 53.0 Å². The first-order valence-electron chi connectivity index (χ1n) is 11.0. The number of benzene rings is 3. The number of rotatable bonds is 6. The van der Waals surface area contributed by atoms with Crippen molar-refractivity contribution in [2.45, 2.75) is 40.7 Å². The standard InChI is InChI=1S/C28H29NO3/c1-6-31-27-19(5)28-24(15-23(27)18(4)13-26(30)29-17(2)3)25(16-32-28)22-12-11-20-9-7-8-10-21(20)14-22/h7-17H,6H2,1-5H3,(H,29,30)/b18-13+. The van der Waals surface area contributed by atoms with E-state index < -0.39 is 0 Å². The zero-order valence-electron chi connectivity index (χ0n) is 19.3. The van der Waals surface area contributed by atoms with Gasteiger partial charge in [-0.05, 0) is 68.7 Å². The Morgan fingerprint density at radius 1 is 1.12 bits per heavy atom. The van der Waals surface area contributed by atoms with Crippen LogP contribution in [0.5, 0.6) is 5.75 Å². The first-order valence-corrected chi connectivity index (χ1v) is 11.0. The lowest BCUT2D eigenvalue weighted by Gasteiger charge is -2.15. The van der Waals surface area contributed by atoms with Crippen molar-refractivity contribution in [2.24, 2.45) is 0 Å². The highest BCUT2D eigenvalue weighted by molar-refractivity contribution is 6.02. The number of aryl methyl sites for hydroxylation is 1. The van der Waals surface area contributed by atoms with Gasteiger partial charge in [0.2, 0.25) is 5.91 Å². The van der Waals surface area contributed by atoms with Crippen molar-refractivity contribution < 1.29 is 13.9 Å². The molecule has 4 rings (SSSR count). The molecule has 4 heteroatoms. The van der Waals surface area contributed by atoms with Crippen LogP contribution in [0, 0.1) is 6.92 Å². The third kappa shape index (κ3) is 4.13. The predicted octanol–water partition coefficient (Wildman–Crippen LogP) is 6.89. The molecule has 1 aromatic heterocycles. The van der Waals surface area contributed by atoms with Crippen LogP contribution in [0.25, 0.3) is 38.4 Å². The van der Waals surface area contributed by atoms with Gasteiger partial charge in [0.05, 0.1) is 12.9 Å². The molecule has 3 aromatic carbocycles. The van der Waals surface area contributed by atoms with Crippen molar-refractivity contribution in [3.05, 3.63) is 72.0 Å². The highest BCUT2D eigenvalue weighted by Gasteiger charge is 2.19. The van der Waals surface area contributed by atoms with Crippen LogP contribution in [0.15, 0.2) is 65.3 Å². The van der Waals surface area contributed by atoms with E-state index in [9.17, 15) is 4.79 Å². The molecule has 0 fully saturated rings. The molecule has 32 heavy (non-hydrogen) atoms. The Kier molecular flexibility index (Phi) is 6.04. The summed E-state index contributed by atoms with van der Waals surface area (Å²) < 4.78 is 12.0. The molecular formula is C28H29NO3. The fourth-order valence-corrected chi connectivity index (χ4v) is 4.12. The van der Waals surface area contributed by atoms with E-state index in [4.69, 9.17) is 9.15 Å². The van der Waals surface area contributed by atoms with Crippen molar-refractivity contribution in [3.8, 4) is 16.9 Å². The van der Waals surface area contributed by atoms with Crippen molar-refractivity contribution in [3.63, 3.8) is 0 Å². The maximum atomic E-state index is 12.4. The number of carbonyl (C=O) groups excluding carboxylic acids is 1. The van der Waals surface area contributed by atoms with Gasteiger partial charge in [0, 0.05) is 34.2 Å². The van der Waals surface area contributed by atoms with Crippen molar-refractivity contribution in [1.29, 1.82) is 0 Å². The average molecular weight is 428 g/mol. The van der Waals surface area contributed by atoms with Gasteiger partial charge in [0.1, 0.15) is 11.3 Å². The third-order valence-electron chi connectivity index (χ3n) is 5.60. The molecular weight excluding hydrogens is 398 g/mol. The average Bonchev–Trinajstić information content (AvgIpc) is 3.19. The minimum Gasteiger partial charge on any atom is -0.493 e. The van der Waals surface area contributed by atoms with Gasteiger partial charge in [-0.25, -0.2) is 0 Å². The van der Waals surface area contributed by atoms with Gasteiger partial charge in [-0.2, -0.15) is 0 Å². The zero-order chi connectivity index (χ0) is 22.8. The summed E-state index contributed by atoms with van der Waals surface area (Å²) in [7, 11) is 0. The SMILES string of the molecule is CCOc1c(/C(C)=C/C(=O)NC(C)C)cc2c(-c3ccc4ccccc4c3)coc2c1C. The Morgan fingerprint density at radius 3 is 2.59 bits per heavy atom. The van der Waals surface area contributed by atoms with Crippen LogP contribution in [0.1, 0.15) is 38.8 Å². The molecule has 0 spiro atoms. The minimum atomic E-state index is -0.111. The minimum absolute atomic E-state index is 0.0792. The van der Waals surface area contributed by atoms with Crippen LogP contribution in [0.2, 0.25) is 0 Å². The number of nitrogens with one attached hydrogen (secondary N) is 1. The van der Waals surface area contributed by atoms with Gasteiger partial charge in [-0.3, -0.25) is 4.79 Å². The van der Waals surface area contributed by atoms with Crippen LogP contribution >= 0.6 is 0 Å². The molecule has 1 amide bonds. The maximum absolute atomic E-state index is 12.4. The Balaban J connectivity index is 1.89. The maximum Gasteiger partial charge on any atom is 0.244 e. The molecule has 4 aromatic rings. The molecule has 0 unspecified atom stereocenters. The Hall–Kier alpha value is -3.53. The fraction of sp³-hybridized carbons (Fsp3) is 0.250. The monoisotopic (exact) mass is 427 g/mol. The fourth-order valence-electron chi connectivity index (χ4n) is 4.12. The number of allylic oxidation sites excluding steroid dienone is 1. The number of hydrogen-bond acceptors (Lipinski definition) is 3. The Morgan fingerprint density at radius 2 is 1.88 bits per heavy atom. The summed E-state index contributed by atoms with van der Waals surface area (Å²) in [6.07, 6.45) is 3.45. The third-order valence-corrected chi connectivity index (χ3v) is 5.60. The number of fused-ring (bicyclic) bond motifs is 2. The van der Waals surface area contributed by atoms with E-state index in [0.29, 0.717) is 6.61 Å². The lowest BCUT2D eigenvalue weighted by atomic mass is 9.95.